The van der Waals surface area contributed by atoms with Crippen LogP contribution in [0.25, 0.3) is 0 Å². The van der Waals surface area contributed by atoms with Gasteiger partial charge in [-0.2, -0.15) is 0 Å². The van der Waals surface area contributed by atoms with E-state index in [1.165, 1.54) is 5.56 Å². The van der Waals surface area contributed by atoms with Gasteiger partial charge in [0.15, 0.2) is 0 Å². The van der Waals surface area contributed by atoms with E-state index in [4.69, 9.17) is 5.02 Å². The van der Waals surface area contributed by atoms with Crippen LogP contribution in [0.5, 0.6) is 0 Å². The fourth-order valence-electron chi connectivity index (χ4n) is 0.854. The summed E-state index contributed by atoms with van der Waals surface area (Å²) in [5, 5.41) is 9.11. The second kappa shape index (κ2) is 3.18. The number of hydrogen-bond donors (Lipinski definition) is 1. The quantitative estimate of drug-likeness (QED) is 0.460. The van der Waals surface area contributed by atoms with Crippen molar-refractivity contribution < 1.29 is 5.02 Å². The minimum atomic E-state index is -0.431. The molecule has 0 bridgehead atoms. The van der Waals surface area contributed by atoms with Crippen molar-refractivity contribution >= 4 is 21.2 Å². The van der Waals surface area contributed by atoms with Gasteiger partial charge in [0.25, 0.3) is 0 Å². The van der Waals surface area contributed by atoms with E-state index in [2.05, 4.69) is 9.12 Å². The monoisotopic (exact) mass is 152 g/mol. The Bertz CT molecular complexity index is 225. The normalized spacial score (nSPS) is 9.50. The van der Waals surface area contributed by atoms with Crippen LogP contribution in [0.1, 0.15) is 5.56 Å². The van der Waals surface area contributed by atoms with Crippen LogP contribution in [0.2, 0.25) is 0 Å². The zero-order valence-corrected chi connectivity index (χ0v) is 7.07. The Labute approximate surface area is 63.7 Å². The minimum Gasteiger partial charge on any atom is -0.443 e. The van der Waals surface area contributed by atoms with Gasteiger partial charge in [-0.3, -0.25) is 0 Å². The predicted molar refractivity (Wildman–Crippen MR) is 48.5 cm³/mol. The molecule has 0 spiro atoms. The molecule has 0 aliphatic carbocycles. The molecule has 10 heavy (non-hydrogen) atoms. The van der Waals surface area contributed by atoms with Crippen LogP contribution in [-0.4, -0.2) is 11.7 Å². The zero-order valence-electron chi connectivity index (χ0n) is 5.91. The molecular weight excluding hydrogens is 142 g/mol. The molecule has 0 amide bonds. The average Bonchev–Trinajstić information content (AvgIpc) is 1.88. The first-order valence-corrected chi connectivity index (χ1v) is 3.87. The topological polar surface area (TPSA) is 20.2 Å². The molecule has 0 aromatic heterocycles. The first-order chi connectivity index (χ1) is 4.70. The highest BCUT2D eigenvalue weighted by Gasteiger charge is 2.04. The van der Waals surface area contributed by atoms with Crippen molar-refractivity contribution in [2.75, 3.05) is 0 Å². The Morgan fingerprint density at radius 2 is 2.20 bits per heavy atom. The Balaban J connectivity index is 2.96. The second-order valence-corrected chi connectivity index (χ2v) is 2.99. The predicted octanol–water partition coefficient (Wildman–Crippen LogP) is 0.558. The largest absolute Gasteiger partial charge is 0.443 e. The fourth-order valence-corrected chi connectivity index (χ4v) is 1.06. The summed E-state index contributed by atoms with van der Waals surface area (Å²) in [5.41, 5.74) is 2.13. The first-order valence-electron chi connectivity index (χ1n) is 3.20. The molecule has 0 aliphatic rings. The standard InChI is InChI=1S/C7H10BOP/c1-6-3-2-4-7(5-6)8(9)10/h2-5,9H,10H2,1H3. The molecule has 52 valence electrons. The molecule has 1 nitrogen and oxygen atoms in total. The van der Waals surface area contributed by atoms with Gasteiger partial charge in [0.1, 0.15) is 0 Å². The van der Waals surface area contributed by atoms with Crippen molar-refractivity contribution in [1.29, 1.82) is 0 Å². The van der Waals surface area contributed by atoms with Crippen LogP contribution in [-0.2, 0) is 0 Å². The van der Waals surface area contributed by atoms with Gasteiger partial charge in [-0.15, -0.1) is 9.12 Å². The maximum Gasteiger partial charge on any atom is 0.346 e. The summed E-state index contributed by atoms with van der Waals surface area (Å²) in [5.74, 6) is 0. The zero-order chi connectivity index (χ0) is 7.56. The van der Waals surface area contributed by atoms with E-state index in [1.807, 2.05) is 31.2 Å². The lowest BCUT2D eigenvalue weighted by Gasteiger charge is -1.99. The Morgan fingerprint density at radius 3 is 2.60 bits per heavy atom. The lowest BCUT2D eigenvalue weighted by atomic mass is 9.86. The average molecular weight is 152 g/mol. The summed E-state index contributed by atoms with van der Waals surface area (Å²) < 4.78 is 0. The first kappa shape index (κ1) is 7.78. The number of hydrogen-bond acceptors (Lipinski definition) is 1. The summed E-state index contributed by atoms with van der Waals surface area (Å²) in [6.45, 7) is 1.58. The lowest BCUT2D eigenvalue weighted by Crippen LogP contribution is -2.22. The van der Waals surface area contributed by atoms with Gasteiger partial charge in [-0.1, -0.05) is 29.8 Å². The van der Waals surface area contributed by atoms with Crippen LogP contribution in [0, 0.1) is 6.92 Å². The van der Waals surface area contributed by atoms with E-state index in [9.17, 15) is 0 Å². The summed E-state index contributed by atoms with van der Waals surface area (Å²) in [6.07, 6.45) is 0. The third kappa shape index (κ3) is 1.83. The van der Waals surface area contributed by atoms with Gasteiger partial charge in [0.05, 0.1) is 0 Å². The highest BCUT2D eigenvalue weighted by Crippen LogP contribution is 1.96. The van der Waals surface area contributed by atoms with Crippen LogP contribution in [0.15, 0.2) is 24.3 Å². The van der Waals surface area contributed by atoms with Gasteiger partial charge in [-0.05, 0) is 12.4 Å². The van der Waals surface area contributed by atoms with Crippen LogP contribution in [0.3, 0.4) is 0 Å². The van der Waals surface area contributed by atoms with Gasteiger partial charge in [-0.25, -0.2) is 0 Å². The van der Waals surface area contributed by atoms with E-state index in [0.717, 1.165) is 5.46 Å². The maximum absolute atomic E-state index is 9.11. The van der Waals surface area contributed by atoms with Crippen molar-refractivity contribution in [2.24, 2.45) is 0 Å². The number of benzene rings is 1. The fraction of sp³-hybridized carbons (Fsp3) is 0.143. The van der Waals surface area contributed by atoms with Gasteiger partial charge < -0.3 is 5.02 Å². The SMILES string of the molecule is Cc1cccc(B(O)P)c1. The molecule has 1 atom stereocenters. The van der Waals surface area contributed by atoms with Gasteiger partial charge in [0, 0.05) is 0 Å². The molecule has 1 aromatic carbocycles. The van der Waals surface area contributed by atoms with E-state index in [1.54, 1.807) is 0 Å². The molecular formula is C7H10BOP. The van der Waals surface area contributed by atoms with Crippen LogP contribution >= 0.6 is 9.12 Å². The Kier molecular flexibility index (Phi) is 2.47. The van der Waals surface area contributed by atoms with E-state index in [0.29, 0.717) is 0 Å². The van der Waals surface area contributed by atoms with Crippen molar-refractivity contribution in [3.05, 3.63) is 29.8 Å². The molecule has 0 aliphatic heterocycles. The summed E-state index contributed by atoms with van der Waals surface area (Å²) in [6, 6.07) is 7.83. The molecule has 0 radical (unpaired) electrons. The molecule has 3 heteroatoms. The molecule has 1 unspecified atom stereocenters. The smallest absolute Gasteiger partial charge is 0.346 e. The van der Waals surface area contributed by atoms with E-state index >= 15 is 0 Å². The molecule has 0 heterocycles. The van der Waals surface area contributed by atoms with Crippen LogP contribution < -0.4 is 5.46 Å². The molecule has 1 aromatic rings. The van der Waals surface area contributed by atoms with Gasteiger partial charge >= 0.3 is 6.64 Å². The van der Waals surface area contributed by atoms with E-state index < -0.39 is 6.64 Å². The van der Waals surface area contributed by atoms with Crippen molar-refractivity contribution in [2.45, 2.75) is 6.92 Å². The molecule has 1 rings (SSSR count). The third-order valence-electron chi connectivity index (χ3n) is 1.38. The molecule has 0 fully saturated rings. The summed E-state index contributed by atoms with van der Waals surface area (Å²) >= 11 is 0. The molecule has 0 saturated heterocycles. The maximum atomic E-state index is 9.11. The van der Waals surface area contributed by atoms with E-state index in [-0.39, 0.29) is 0 Å². The molecule has 1 N–H and O–H groups in total. The highest BCUT2D eigenvalue weighted by atomic mass is 31.0. The second-order valence-electron chi connectivity index (χ2n) is 2.36. The highest BCUT2D eigenvalue weighted by molar-refractivity contribution is 7.63. The lowest BCUT2D eigenvalue weighted by molar-refractivity contribution is 0.608. The third-order valence-corrected chi connectivity index (χ3v) is 1.77. The minimum absolute atomic E-state index is 0.431. The summed E-state index contributed by atoms with van der Waals surface area (Å²) in [7, 11) is 2.35. The number of rotatable bonds is 1. The Morgan fingerprint density at radius 1 is 1.50 bits per heavy atom. The Hall–Kier alpha value is -0.325. The van der Waals surface area contributed by atoms with Crippen molar-refractivity contribution in [3.63, 3.8) is 0 Å². The van der Waals surface area contributed by atoms with Crippen molar-refractivity contribution in [3.8, 4) is 0 Å². The summed E-state index contributed by atoms with van der Waals surface area (Å²) in [4.78, 5) is 0. The molecule has 0 saturated carbocycles. The number of aryl methyl sites for hydroxylation is 1. The van der Waals surface area contributed by atoms with Gasteiger partial charge in [0.2, 0.25) is 0 Å². The van der Waals surface area contributed by atoms with Crippen LogP contribution in [0.4, 0.5) is 0 Å². The van der Waals surface area contributed by atoms with Crippen molar-refractivity contribution in [1.82, 2.24) is 0 Å².